The van der Waals surface area contributed by atoms with E-state index in [9.17, 15) is 4.79 Å². The minimum Gasteiger partial charge on any atom is -0.456 e. The van der Waals surface area contributed by atoms with E-state index in [1.54, 1.807) is 22.9 Å². The van der Waals surface area contributed by atoms with Crippen molar-refractivity contribution in [2.45, 2.75) is 20.0 Å². The monoisotopic (exact) mass is 415 g/mol. The number of nitrogens with two attached hydrogens (primary N) is 1. The van der Waals surface area contributed by atoms with Crippen LogP contribution in [0.1, 0.15) is 28.7 Å². The first-order valence-corrected chi connectivity index (χ1v) is 7.95. The molecule has 0 aliphatic heterocycles. The maximum absolute atomic E-state index is 12.1. The van der Waals surface area contributed by atoms with Gasteiger partial charge in [-0.25, -0.2) is 4.79 Å². The zero-order chi connectivity index (χ0) is 15.6. The van der Waals surface area contributed by atoms with E-state index in [1.165, 1.54) is 0 Å². The van der Waals surface area contributed by atoms with Crippen molar-refractivity contribution in [2.24, 2.45) is 7.05 Å². The molecule has 2 N–H and O–H groups in total. The number of carbonyl (C=O) groups excluding carboxylic acids is 1. The summed E-state index contributed by atoms with van der Waals surface area (Å²) in [6.07, 6.45) is 0.809. The van der Waals surface area contributed by atoms with E-state index in [1.807, 2.05) is 14.0 Å². The number of benzene rings is 1. The van der Waals surface area contributed by atoms with Crippen LogP contribution in [0, 0.1) is 0 Å². The van der Waals surface area contributed by atoms with E-state index >= 15 is 0 Å². The number of carbonyl (C=O) groups is 1. The van der Waals surface area contributed by atoms with Crippen LogP contribution in [0.3, 0.4) is 0 Å². The highest BCUT2D eigenvalue weighted by Crippen LogP contribution is 2.24. The standard InChI is InChI=1S/C14H15Br2N3O2/c1-3-11-13(16)12(19(2)18-11)7-21-14(20)9-6-8(17)4-5-10(9)15/h4-6H,3,7,17H2,1-2H3. The molecule has 0 saturated heterocycles. The summed E-state index contributed by atoms with van der Waals surface area (Å²) in [5, 5.41) is 4.36. The van der Waals surface area contributed by atoms with Crippen molar-refractivity contribution in [1.82, 2.24) is 9.78 Å². The van der Waals surface area contributed by atoms with Gasteiger partial charge in [-0.1, -0.05) is 6.92 Å². The molecule has 0 bridgehead atoms. The van der Waals surface area contributed by atoms with Gasteiger partial charge in [0.15, 0.2) is 0 Å². The van der Waals surface area contributed by atoms with Crippen LogP contribution in [-0.4, -0.2) is 15.7 Å². The van der Waals surface area contributed by atoms with Crippen LogP contribution in [0.25, 0.3) is 0 Å². The van der Waals surface area contributed by atoms with E-state index in [0.29, 0.717) is 15.7 Å². The molecule has 112 valence electrons. The number of nitrogens with zero attached hydrogens (tertiary/aromatic N) is 2. The Bertz CT molecular complexity index is 683. The van der Waals surface area contributed by atoms with Crippen molar-refractivity contribution in [3.63, 3.8) is 0 Å². The molecule has 1 aromatic carbocycles. The Kier molecular flexibility index (Phi) is 5.05. The molecular formula is C14H15Br2N3O2. The highest BCUT2D eigenvalue weighted by Gasteiger charge is 2.16. The van der Waals surface area contributed by atoms with Gasteiger partial charge in [0.05, 0.1) is 21.4 Å². The predicted octanol–water partition coefficient (Wildman–Crippen LogP) is 3.45. The number of halogens is 2. The molecule has 0 atom stereocenters. The number of hydrogen-bond donors (Lipinski definition) is 1. The highest BCUT2D eigenvalue weighted by molar-refractivity contribution is 9.10. The number of hydrogen-bond acceptors (Lipinski definition) is 4. The van der Waals surface area contributed by atoms with E-state index in [-0.39, 0.29) is 6.61 Å². The number of anilines is 1. The Morgan fingerprint density at radius 1 is 1.43 bits per heavy atom. The van der Waals surface area contributed by atoms with Gasteiger partial charge in [0.2, 0.25) is 0 Å². The minimum absolute atomic E-state index is 0.143. The molecule has 5 nitrogen and oxygen atoms in total. The molecule has 0 saturated carbocycles. The molecule has 0 spiro atoms. The third kappa shape index (κ3) is 3.47. The van der Waals surface area contributed by atoms with Gasteiger partial charge in [0.25, 0.3) is 0 Å². The summed E-state index contributed by atoms with van der Waals surface area (Å²) < 4.78 is 8.60. The first kappa shape index (κ1) is 16.0. The normalized spacial score (nSPS) is 10.7. The van der Waals surface area contributed by atoms with Gasteiger partial charge in [0, 0.05) is 17.2 Å². The summed E-state index contributed by atoms with van der Waals surface area (Å²) in [5.41, 5.74) is 8.37. The summed E-state index contributed by atoms with van der Waals surface area (Å²) in [7, 11) is 1.82. The number of aryl methyl sites for hydroxylation is 2. The first-order chi connectivity index (χ1) is 9.93. The van der Waals surface area contributed by atoms with E-state index in [2.05, 4.69) is 37.0 Å². The summed E-state index contributed by atoms with van der Waals surface area (Å²) in [6.45, 7) is 2.16. The molecule has 0 aliphatic carbocycles. The molecular weight excluding hydrogens is 402 g/mol. The lowest BCUT2D eigenvalue weighted by Crippen LogP contribution is -2.09. The van der Waals surface area contributed by atoms with Crippen molar-refractivity contribution in [3.8, 4) is 0 Å². The molecule has 0 aliphatic rings. The van der Waals surface area contributed by atoms with Crippen molar-refractivity contribution in [3.05, 3.63) is 44.1 Å². The van der Waals surface area contributed by atoms with Gasteiger partial charge in [-0.05, 0) is 56.5 Å². The lowest BCUT2D eigenvalue weighted by Gasteiger charge is -2.08. The van der Waals surface area contributed by atoms with Crippen LogP contribution in [0.15, 0.2) is 27.1 Å². The minimum atomic E-state index is -0.430. The van der Waals surface area contributed by atoms with E-state index < -0.39 is 5.97 Å². The highest BCUT2D eigenvalue weighted by atomic mass is 79.9. The predicted molar refractivity (Wildman–Crippen MR) is 88.0 cm³/mol. The maximum Gasteiger partial charge on any atom is 0.339 e. The third-order valence-corrected chi connectivity index (χ3v) is 4.66. The Morgan fingerprint density at radius 2 is 2.14 bits per heavy atom. The second-order valence-corrected chi connectivity index (χ2v) is 6.15. The van der Waals surface area contributed by atoms with Crippen molar-refractivity contribution in [2.75, 3.05) is 5.73 Å². The van der Waals surface area contributed by atoms with Crippen LogP contribution in [0.4, 0.5) is 5.69 Å². The topological polar surface area (TPSA) is 70.1 Å². The van der Waals surface area contributed by atoms with Crippen molar-refractivity contribution < 1.29 is 9.53 Å². The van der Waals surface area contributed by atoms with E-state index in [4.69, 9.17) is 10.5 Å². The second-order valence-electron chi connectivity index (χ2n) is 4.50. The molecule has 0 radical (unpaired) electrons. The largest absolute Gasteiger partial charge is 0.456 e. The number of rotatable bonds is 4. The SMILES string of the molecule is CCc1nn(C)c(COC(=O)c2cc(N)ccc2Br)c1Br. The van der Waals surface area contributed by atoms with Crippen LogP contribution >= 0.6 is 31.9 Å². The average molecular weight is 417 g/mol. The van der Waals surface area contributed by atoms with Gasteiger partial charge < -0.3 is 10.5 Å². The number of esters is 1. The zero-order valence-corrected chi connectivity index (χ0v) is 14.9. The molecule has 1 aromatic heterocycles. The van der Waals surface area contributed by atoms with Gasteiger partial charge in [-0.15, -0.1) is 0 Å². The Balaban J connectivity index is 2.15. The first-order valence-electron chi connectivity index (χ1n) is 6.36. The third-order valence-electron chi connectivity index (χ3n) is 3.05. The molecule has 0 unspecified atom stereocenters. The average Bonchev–Trinajstić information content (AvgIpc) is 2.73. The maximum atomic E-state index is 12.1. The van der Waals surface area contributed by atoms with Gasteiger partial charge in [-0.2, -0.15) is 5.10 Å². The summed E-state index contributed by atoms with van der Waals surface area (Å²) >= 11 is 6.81. The molecule has 0 fully saturated rings. The zero-order valence-electron chi connectivity index (χ0n) is 11.7. The number of aromatic nitrogens is 2. The number of ether oxygens (including phenoxy) is 1. The quantitative estimate of drug-likeness (QED) is 0.612. The molecule has 7 heteroatoms. The van der Waals surface area contributed by atoms with Gasteiger partial charge >= 0.3 is 5.97 Å². The van der Waals surface area contributed by atoms with Gasteiger partial charge in [-0.3, -0.25) is 4.68 Å². The van der Waals surface area contributed by atoms with Crippen molar-refractivity contribution >= 4 is 43.5 Å². The summed E-state index contributed by atoms with van der Waals surface area (Å²) in [6, 6.07) is 5.02. The molecule has 0 amide bonds. The summed E-state index contributed by atoms with van der Waals surface area (Å²) in [4.78, 5) is 12.1. The van der Waals surface area contributed by atoms with Crippen LogP contribution in [0.2, 0.25) is 0 Å². The summed E-state index contributed by atoms with van der Waals surface area (Å²) in [5.74, 6) is -0.430. The fraction of sp³-hybridized carbons (Fsp3) is 0.286. The Labute approximate surface area is 139 Å². The fourth-order valence-electron chi connectivity index (χ4n) is 1.89. The number of nitrogen functional groups attached to an aromatic ring is 1. The molecule has 2 aromatic rings. The second kappa shape index (κ2) is 6.62. The Morgan fingerprint density at radius 3 is 2.76 bits per heavy atom. The van der Waals surface area contributed by atoms with Crippen molar-refractivity contribution in [1.29, 1.82) is 0 Å². The van der Waals surface area contributed by atoms with Crippen LogP contribution in [0.5, 0.6) is 0 Å². The molecule has 1 heterocycles. The van der Waals surface area contributed by atoms with Gasteiger partial charge in [0.1, 0.15) is 6.61 Å². The lowest BCUT2D eigenvalue weighted by atomic mass is 10.2. The van der Waals surface area contributed by atoms with Crippen LogP contribution in [-0.2, 0) is 24.8 Å². The van der Waals surface area contributed by atoms with E-state index in [0.717, 1.165) is 22.3 Å². The van der Waals surface area contributed by atoms with Crippen LogP contribution < -0.4 is 5.73 Å². The lowest BCUT2D eigenvalue weighted by molar-refractivity contribution is 0.0461. The Hall–Kier alpha value is -1.34. The smallest absolute Gasteiger partial charge is 0.339 e. The molecule has 2 rings (SSSR count). The fourth-order valence-corrected chi connectivity index (χ4v) is 3.03. The molecule has 21 heavy (non-hydrogen) atoms.